The van der Waals surface area contributed by atoms with E-state index in [1.807, 2.05) is 6.92 Å². The molecule has 0 radical (unpaired) electrons. The summed E-state index contributed by atoms with van der Waals surface area (Å²) in [4.78, 5) is 16.5. The highest BCUT2D eigenvalue weighted by atomic mass is 16.7. The van der Waals surface area contributed by atoms with E-state index in [0.29, 0.717) is 6.10 Å². The molecule has 0 aromatic heterocycles. The highest BCUT2D eigenvalue weighted by molar-refractivity contribution is 5.77. The van der Waals surface area contributed by atoms with Crippen LogP contribution < -0.4 is 10.8 Å². The minimum Gasteiger partial charge on any atom is -0.355 e. The van der Waals surface area contributed by atoms with Gasteiger partial charge in [0.05, 0.1) is 12.6 Å². The lowest BCUT2D eigenvalue weighted by molar-refractivity contribution is -0.124. The normalized spacial score (nSPS) is 17.2. The Balaban J connectivity index is 1.94. The van der Waals surface area contributed by atoms with Gasteiger partial charge in [-0.2, -0.15) is 5.48 Å². The highest BCUT2D eigenvalue weighted by Crippen LogP contribution is 2.19. The minimum absolute atomic E-state index is 0.00449. The van der Waals surface area contributed by atoms with Crippen LogP contribution >= 0.6 is 0 Å². The number of carbonyl (C=O) groups is 1. The summed E-state index contributed by atoms with van der Waals surface area (Å²) in [5.74, 6) is 0.00449. The van der Waals surface area contributed by atoms with E-state index in [9.17, 15) is 4.79 Å². The molecule has 0 bridgehead atoms. The zero-order valence-corrected chi connectivity index (χ0v) is 8.84. The molecule has 0 unspecified atom stereocenters. The number of hydrogen-bond acceptors (Lipinski definition) is 3. The van der Waals surface area contributed by atoms with Crippen LogP contribution in [-0.4, -0.2) is 25.1 Å². The van der Waals surface area contributed by atoms with E-state index in [0.717, 1.165) is 25.8 Å². The zero-order valence-electron chi connectivity index (χ0n) is 8.84. The number of amides is 1. The maximum absolute atomic E-state index is 11.1. The summed E-state index contributed by atoms with van der Waals surface area (Å²) in [5.41, 5.74) is 2.72. The Morgan fingerprint density at radius 3 is 2.79 bits per heavy atom. The van der Waals surface area contributed by atoms with Crippen molar-refractivity contribution in [2.45, 2.75) is 45.1 Å². The van der Waals surface area contributed by atoms with Gasteiger partial charge in [-0.15, -0.1) is 0 Å². The molecule has 0 saturated heterocycles. The zero-order chi connectivity index (χ0) is 10.2. The molecule has 1 rings (SSSR count). The van der Waals surface area contributed by atoms with E-state index in [1.165, 1.54) is 12.8 Å². The van der Waals surface area contributed by atoms with Crippen LogP contribution in [0.4, 0.5) is 0 Å². The van der Waals surface area contributed by atoms with E-state index < -0.39 is 0 Å². The van der Waals surface area contributed by atoms with E-state index in [-0.39, 0.29) is 12.5 Å². The van der Waals surface area contributed by atoms with Gasteiger partial charge in [0, 0.05) is 6.54 Å². The van der Waals surface area contributed by atoms with Gasteiger partial charge in [0.15, 0.2) is 0 Å². The Hall–Kier alpha value is -0.610. The molecule has 0 aromatic rings. The number of carbonyl (C=O) groups excluding carboxylic acids is 1. The number of hydrogen-bond donors (Lipinski definition) is 2. The number of hydroxylamine groups is 1. The van der Waals surface area contributed by atoms with Gasteiger partial charge in [-0.05, 0) is 19.3 Å². The van der Waals surface area contributed by atoms with Gasteiger partial charge < -0.3 is 5.32 Å². The quantitative estimate of drug-likeness (QED) is 0.628. The molecule has 0 heterocycles. The molecule has 82 valence electrons. The lowest BCUT2D eigenvalue weighted by Gasteiger charge is -2.11. The van der Waals surface area contributed by atoms with Gasteiger partial charge in [-0.25, -0.2) is 0 Å². The molecule has 2 N–H and O–H groups in total. The summed E-state index contributed by atoms with van der Waals surface area (Å²) in [6, 6.07) is 0. The molecule has 4 heteroatoms. The fourth-order valence-electron chi connectivity index (χ4n) is 1.56. The number of rotatable bonds is 6. The maximum atomic E-state index is 11.1. The Morgan fingerprint density at radius 1 is 1.43 bits per heavy atom. The van der Waals surface area contributed by atoms with Crippen LogP contribution in [-0.2, 0) is 9.63 Å². The molecule has 1 aliphatic rings. The van der Waals surface area contributed by atoms with Crippen molar-refractivity contribution in [2.75, 3.05) is 13.1 Å². The Morgan fingerprint density at radius 2 is 2.14 bits per heavy atom. The van der Waals surface area contributed by atoms with Gasteiger partial charge in [0.25, 0.3) is 0 Å². The number of nitrogens with one attached hydrogen (secondary N) is 2. The molecule has 0 aromatic carbocycles. The first-order valence-electron chi connectivity index (χ1n) is 5.48. The highest BCUT2D eigenvalue weighted by Gasteiger charge is 2.15. The molecule has 0 atom stereocenters. The van der Waals surface area contributed by atoms with Crippen LogP contribution in [0.5, 0.6) is 0 Å². The van der Waals surface area contributed by atoms with Gasteiger partial charge >= 0.3 is 0 Å². The lowest BCUT2D eigenvalue weighted by Crippen LogP contribution is -2.35. The molecular formula is C10H20N2O2. The molecule has 1 saturated carbocycles. The topological polar surface area (TPSA) is 50.4 Å². The fourth-order valence-corrected chi connectivity index (χ4v) is 1.56. The Bertz CT molecular complexity index is 168. The predicted octanol–water partition coefficient (Wildman–Crippen LogP) is 0.976. The summed E-state index contributed by atoms with van der Waals surface area (Å²) >= 11 is 0. The molecule has 0 aliphatic heterocycles. The second kappa shape index (κ2) is 6.79. The van der Waals surface area contributed by atoms with E-state index in [4.69, 9.17) is 4.84 Å². The van der Waals surface area contributed by atoms with Crippen LogP contribution in [0.15, 0.2) is 0 Å². The molecule has 14 heavy (non-hydrogen) atoms. The third kappa shape index (κ3) is 4.58. The van der Waals surface area contributed by atoms with Crippen LogP contribution in [0.3, 0.4) is 0 Å². The molecule has 4 nitrogen and oxygen atoms in total. The third-order valence-corrected chi connectivity index (χ3v) is 2.36. The van der Waals surface area contributed by atoms with Crippen molar-refractivity contribution in [3.8, 4) is 0 Å². The largest absolute Gasteiger partial charge is 0.355 e. The average Bonchev–Trinajstić information content (AvgIpc) is 2.67. The first-order valence-corrected chi connectivity index (χ1v) is 5.48. The van der Waals surface area contributed by atoms with Crippen molar-refractivity contribution in [3.05, 3.63) is 0 Å². The maximum Gasteiger partial charge on any atom is 0.236 e. The van der Waals surface area contributed by atoms with Crippen LogP contribution in [0.1, 0.15) is 39.0 Å². The smallest absolute Gasteiger partial charge is 0.236 e. The van der Waals surface area contributed by atoms with Gasteiger partial charge in [-0.3, -0.25) is 9.63 Å². The fraction of sp³-hybridized carbons (Fsp3) is 0.900. The van der Waals surface area contributed by atoms with Crippen molar-refractivity contribution < 1.29 is 9.63 Å². The second-order valence-corrected chi connectivity index (χ2v) is 3.70. The average molecular weight is 200 g/mol. The standard InChI is InChI=1S/C10H20N2O2/c1-2-7-11-10(13)8-12-14-9-5-3-4-6-9/h9,12H,2-8H2,1H3,(H,11,13). The Labute approximate surface area is 85.3 Å². The molecule has 1 aliphatic carbocycles. The summed E-state index contributed by atoms with van der Waals surface area (Å²) in [6.07, 6.45) is 6.00. The van der Waals surface area contributed by atoms with Gasteiger partial charge in [-0.1, -0.05) is 19.8 Å². The second-order valence-electron chi connectivity index (χ2n) is 3.70. The first kappa shape index (κ1) is 11.5. The van der Waals surface area contributed by atoms with Crippen LogP contribution in [0.25, 0.3) is 0 Å². The van der Waals surface area contributed by atoms with E-state index in [1.54, 1.807) is 0 Å². The summed E-state index contributed by atoms with van der Waals surface area (Å²) in [6.45, 7) is 3.03. The van der Waals surface area contributed by atoms with Crippen molar-refractivity contribution >= 4 is 5.91 Å². The molecular weight excluding hydrogens is 180 g/mol. The Kier molecular flexibility index (Phi) is 5.56. The third-order valence-electron chi connectivity index (χ3n) is 2.36. The summed E-state index contributed by atoms with van der Waals surface area (Å²) < 4.78 is 0. The SMILES string of the molecule is CCCNC(=O)CNOC1CCCC1. The van der Waals surface area contributed by atoms with Crippen LogP contribution in [0.2, 0.25) is 0 Å². The van der Waals surface area contributed by atoms with Crippen molar-refractivity contribution in [1.82, 2.24) is 10.8 Å². The summed E-state index contributed by atoms with van der Waals surface area (Å²) in [7, 11) is 0. The van der Waals surface area contributed by atoms with Crippen molar-refractivity contribution in [3.63, 3.8) is 0 Å². The van der Waals surface area contributed by atoms with Gasteiger partial charge in [0.2, 0.25) is 5.91 Å². The molecule has 0 spiro atoms. The first-order chi connectivity index (χ1) is 6.83. The monoisotopic (exact) mass is 200 g/mol. The predicted molar refractivity (Wildman–Crippen MR) is 54.6 cm³/mol. The lowest BCUT2D eigenvalue weighted by atomic mass is 10.3. The molecule has 1 amide bonds. The van der Waals surface area contributed by atoms with Crippen molar-refractivity contribution in [1.29, 1.82) is 0 Å². The molecule has 1 fully saturated rings. The van der Waals surface area contributed by atoms with Gasteiger partial charge in [0.1, 0.15) is 0 Å². The van der Waals surface area contributed by atoms with E-state index >= 15 is 0 Å². The van der Waals surface area contributed by atoms with E-state index in [2.05, 4.69) is 10.8 Å². The van der Waals surface area contributed by atoms with Crippen molar-refractivity contribution in [2.24, 2.45) is 0 Å². The summed E-state index contributed by atoms with van der Waals surface area (Å²) in [5, 5.41) is 2.78. The van der Waals surface area contributed by atoms with Crippen LogP contribution in [0, 0.1) is 0 Å². The minimum atomic E-state index is 0.00449.